The van der Waals surface area contributed by atoms with E-state index in [0.29, 0.717) is 5.92 Å². The molecule has 0 heterocycles. The minimum absolute atomic E-state index is 0.0658. The Morgan fingerprint density at radius 3 is 2.55 bits per heavy atom. The molecule has 0 radical (unpaired) electrons. The zero-order chi connectivity index (χ0) is 14.5. The number of carbonyl (C=O) groups is 1. The van der Waals surface area contributed by atoms with Crippen LogP contribution < -0.4 is 16.4 Å². The van der Waals surface area contributed by atoms with Gasteiger partial charge in [-0.3, -0.25) is 4.79 Å². The van der Waals surface area contributed by atoms with E-state index >= 15 is 0 Å². The molecule has 5 nitrogen and oxygen atoms in total. The number of nitrogens with one attached hydrogen (secondary N) is 2. The maximum atomic E-state index is 11.5. The first-order valence-corrected chi connectivity index (χ1v) is 6.95. The lowest BCUT2D eigenvalue weighted by Crippen LogP contribution is -2.30. The summed E-state index contributed by atoms with van der Waals surface area (Å²) in [7, 11) is 0. The molecule has 0 unspecified atom stereocenters. The van der Waals surface area contributed by atoms with Gasteiger partial charge in [-0.1, -0.05) is 6.07 Å². The molecular weight excluding hydrogens is 252 g/mol. The van der Waals surface area contributed by atoms with Crippen molar-refractivity contribution in [3.8, 4) is 0 Å². The van der Waals surface area contributed by atoms with Crippen molar-refractivity contribution in [2.75, 3.05) is 18.4 Å². The fourth-order valence-corrected chi connectivity index (χ4v) is 2.03. The van der Waals surface area contributed by atoms with Gasteiger partial charge in [0, 0.05) is 12.2 Å². The van der Waals surface area contributed by atoms with Crippen molar-refractivity contribution >= 4 is 17.6 Å². The second-order valence-electron chi connectivity index (χ2n) is 5.45. The van der Waals surface area contributed by atoms with E-state index in [4.69, 9.17) is 5.73 Å². The van der Waals surface area contributed by atoms with Gasteiger partial charge < -0.3 is 16.4 Å². The van der Waals surface area contributed by atoms with Crippen molar-refractivity contribution in [2.24, 2.45) is 16.6 Å². The summed E-state index contributed by atoms with van der Waals surface area (Å²) in [4.78, 5) is 15.6. The van der Waals surface area contributed by atoms with E-state index in [2.05, 4.69) is 21.7 Å². The van der Waals surface area contributed by atoms with E-state index in [0.717, 1.165) is 23.4 Å². The van der Waals surface area contributed by atoms with Crippen LogP contribution in [0.3, 0.4) is 0 Å². The van der Waals surface area contributed by atoms with E-state index in [1.165, 1.54) is 12.8 Å². The van der Waals surface area contributed by atoms with Crippen LogP contribution in [0, 0.1) is 19.8 Å². The van der Waals surface area contributed by atoms with E-state index in [1.54, 1.807) is 0 Å². The summed E-state index contributed by atoms with van der Waals surface area (Å²) in [6.45, 7) is 4.88. The van der Waals surface area contributed by atoms with Gasteiger partial charge >= 0.3 is 0 Å². The van der Waals surface area contributed by atoms with Gasteiger partial charge in [-0.2, -0.15) is 0 Å². The molecule has 5 heteroatoms. The highest BCUT2D eigenvalue weighted by molar-refractivity contribution is 5.94. The van der Waals surface area contributed by atoms with Crippen molar-refractivity contribution in [3.63, 3.8) is 0 Å². The number of benzene rings is 1. The Labute approximate surface area is 119 Å². The monoisotopic (exact) mass is 274 g/mol. The maximum Gasteiger partial charge on any atom is 0.241 e. The molecule has 1 fully saturated rings. The number of nitrogens with two attached hydrogens (primary N) is 1. The first-order chi connectivity index (χ1) is 9.52. The van der Waals surface area contributed by atoms with Gasteiger partial charge in [-0.25, -0.2) is 4.99 Å². The molecule has 0 aromatic heterocycles. The third-order valence-corrected chi connectivity index (χ3v) is 3.17. The zero-order valence-electron chi connectivity index (χ0n) is 12.1. The lowest BCUT2D eigenvalue weighted by molar-refractivity contribution is -0.119. The Bertz CT molecular complexity index is 500. The summed E-state index contributed by atoms with van der Waals surface area (Å²) >= 11 is 0. The van der Waals surface area contributed by atoms with Crippen LogP contribution in [0.25, 0.3) is 0 Å². The predicted octanol–water partition coefficient (Wildman–Crippen LogP) is 1.56. The second kappa shape index (κ2) is 6.41. The van der Waals surface area contributed by atoms with Crippen molar-refractivity contribution in [3.05, 3.63) is 29.3 Å². The number of amides is 1. The fraction of sp³-hybridized carbons (Fsp3) is 0.467. The highest BCUT2D eigenvalue weighted by Crippen LogP contribution is 2.27. The van der Waals surface area contributed by atoms with Gasteiger partial charge in [0.2, 0.25) is 5.91 Å². The molecule has 0 atom stereocenters. The van der Waals surface area contributed by atoms with Gasteiger partial charge in [-0.15, -0.1) is 0 Å². The SMILES string of the molecule is Cc1cc(C)cc(NC(N)=NCC(=O)NCC2CC2)c1. The quantitative estimate of drug-likeness (QED) is 0.563. The minimum Gasteiger partial charge on any atom is -0.370 e. The molecule has 20 heavy (non-hydrogen) atoms. The molecule has 1 aliphatic carbocycles. The average Bonchev–Trinajstić information content (AvgIpc) is 3.16. The smallest absolute Gasteiger partial charge is 0.241 e. The summed E-state index contributed by atoms with van der Waals surface area (Å²) in [6, 6.07) is 6.06. The fourth-order valence-electron chi connectivity index (χ4n) is 2.03. The molecule has 1 aromatic rings. The molecule has 0 aliphatic heterocycles. The van der Waals surface area contributed by atoms with Crippen molar-refractivity contribution in [1.29, 1.82) is 0 Å². The molecule has 4 N–H and O–H groups in total. The van der Waals surface area contributed by atoms with Crippen LogP contribution in [0.5, 0.6) is 0 Å². The van der Waals surface area contributed by atoms with Crippen LogP contribution in [0.2, 0.25) is 0 Å². The maximum absolute atomic E-state index is 11.5. The van der Waals surface area contributed by atoms with E-state index in [-0.39, 0.29) is 18.4 Å². The van der Waals surface area contributed by atoms with Crippen molar-refractivity contribution in [1.82, 2.24) is 5.32 Å². The first-order valence-electron chi connectivity index (χ1n) is 6.95. The molecule has 0 bridgehead atoms. The summed E-state index contributed by atoms with van der Waals surface area (Å²) in [6.07, 6.45) is 2.44. The normalized spacial score (nSPS) is 15.0. The Hall–Kier alpha value is -2.04. The van der Waals surface area contributed by atoms with E-state index in [9.17, 15) is 4.79 Å². The molecule has 1 amide bonds. The van der Waals surface area contributed by atoms with Crippen molar-refractivity contribution in [2.45, 2.75) is 26.7 Å². The van der Waals surface area contributed by atoms with Gasteiger partial charge in [0.1, 0.15) is 6.54 Å². The lowest BCUT2D eigenvalue weighted by atomic mass is 10.1. The van der Waals surface area contributed by atoms with E-state index < -0.39 is 0 Å². The summed E-state index contributed by atoms with van der Waals surface area (Å²) in [5, 5.41) is 5.86. The highest BCUT2D eigenvalue weighted by Gasteiger charge is 2.21. The lowest BCUT2D eigenvalue weighted by Gasteiger charge is -2.08. The summed E-state index contributed by atoms with van der Waals surface area (Å²) in [5.74, 6) is 0.854. The number of rotatable bonds is 5. The Balaban J connectivity index is 1.81. The van der Waals surface area contributed by atoms with Crippen LogP contribution >= 0.6 is 0 Å². The van der Waals surface area contributed by atoms with E-state index in [1.807, 2.05) is 26.0 Å². The van der Waals surface area contributed by atoms with Gasteiger partial charge in [0.15, 0.2) is 5.96 Å². The van der Waals surface area contributed by atoms with Crippen molar-refractivity contribution < 1.29 is 4.79 Å². The minimum atomic E-state index is -0.0814. The number of aliphatic imine (C=N–C) groups is 1. The highest BCUT2D eigenvalue weighted by atomic mass is 16.1. The number of nitrogens with zero attached hydrogens (tertiary/aromatic N) is 1. The first kappa shape index (κ1) is 14.4. The number of aryl methyl sites for hydroxylation is 2. The number of carbonyl (C=O) groups excluding carboxylic acids is 1. The van der Waals surface area contributed by atoms with Crippen LogP contribution in [-0.2, 0) is 4.79 Å². The topological polar surface area (TPSA) is 79.5 Å². The zero-order valence-corrected chi connectivity index (χ0v) is 12.1. The van der Waals surface area contributed by atoms with Gasteiger partial charge in [0.05, 0.1) is 0 Å². The van der Waals surface area contributed by atoms with Gasteiger partial charge in [0.25, 0.3) is 0 Å². The predicted molar refractivity (Wildman–Crippen MR) is 81.8 cm³/mol. The van der Waals surface area contributed by atoms with Crippen LogP contribution in [0.15, 0.2) is 23.2 Å². The second-order valence-corrected chi connectivity index (χ2v) is 5.45. The number of guanidine groups is 1. The summed E-state index contributed by atoms with van der Waals surface area (Å²) < 4.78 is 0. The van der Waals surface area contributed by atoms with Gasteiger partial charge in [-0.05, 0) is 55.9 Å². The summed E-state index contributed by atoms with van der Waals surface area (Å²) in [5.41, 5.74) is 8.98. The Morgan fingerprint density at radius 1 is 1.30 bits per heavy atom. The van der Waals surface area contributed by atoms with Crippen LogP contribution in [0.4, 0.5) is 5.69 Å². The molecule has 108 valence electrons. The van der Waals surface area contributed by atoms with Crippen LogP contribution in [-0.4, -0.2) is 25.0 Å². The third-order valence-electron chi connectivity index (χ3n) is 3.17. The number of hydrogen-bond acceptors (Lipinski definition) is 2. The third kappa shape index (κ3) is 4.91. The molecule has 0 spiro atoms. The number of hydrogen-bond donors (Lipinski definition) is 3. The average molecular weight is 274 g/mol. The molecule has 2 rings (SSSR count). The molecular formula is C15H22N4O. The Morgan fingerprint density at radius 2 is 1.95 bits per heavy atom. The molecule has 0 saturated heterocycles. The van der Waals surface area contributed by atoms with Crippen LogP contribution in [0.1, 0.15) is 24.0 Å². The molecule has 1 saturated carbocycles. The number of anilines is 1. The largest absolute Gasteiger partial charge is 0.370 e. The molecule has 1 aliphatic rings. The Kier molecular flexibility index (Phi) is 4.61. The standard InChI is InChI=1S/C15H22N4O/c1-10-5-11(2)7-13(6-10)19-15(16)18-9-14(20)17-8-12-3-4-12/h5-7,12H,3-4,8-9H2,1-2H3,(H,17,20)(H3,16,18,19). The molecule has 1 aromatic carbocycles.